The summed E-state index contributed by atoms with van der Waals surface area (Å²) in [5, 5.41) is 5.25. The second kappa shape index (κ2) is 9.03. The van der Waals surface area contributed by atoms with E-state index in [4.69, 9.17) is 5.73 Å². The van der Waals surface area contributed by atoms with Crippen LogP contribution < -0.4 is 16.4 Å². The van der Waals surface area contributed by atoms with Crippen molar-refractivity contribution >= 4 is 23.5 Å². The van der Waals surface area contributed by atoms with Gasteiger partial charge in [-0.2, -0.15) is 0 Å². The number of nitrogens with zero attached hydrogens (tertiary/aromatic N) is 1. The maximum atomic E-state index is 12.6. The molecular weight excluding hydrogens is 356 g/mol. The molecule has 0 aliphatic carbocycles. The smallest absolute Gasteiger partial charge is 0.312 e. The molecule has 0 saturated carbocycles. The summed E-state index contributed by atoms with van der Waals surface area (Å²) < 4.78 is 0. The molecular formula is C21H24N4O3. The molecule has 0 spiro atoms. The molecule has 0 bridgehead atoms. The highest BCUT2D eigenvalue weighted by atomic mass is 16.2. The average molecular weight is 380 g/mol. The number of nitrogens with one attached hydrogen (secondary N) is 2. The van der Waals surface area contributed by atoms with E-state index in [1.54, 1.807) is 24.3 Å². The Hall–Kier alpha value is -3.35. The standard InChI is InChI=1S/C21H24N4O3/c22-21(28)24-18(14-15-6-2-1-3-7-15)19(26)23-17-10-8-16(9-11-17)20(27)25-12-4-5-13-25/h1-3,6-11,18H,4-5,12-14H2,(H,23,26)(H3,22,24,28). The van der Waals surface area contributed by atoms with Crippen LogP contribution in [-0.2, 0) is 11.2 Å². The van der Waals surface area contributed by atoms with E-state index in [1.165, 1.54) is 0 Å². The Morgan fingerprint density at radius 2 is 1.61 bits per heavy atom. The number of rotatable bonds is 6. The Bertz CT molecular complexity index is 830. The predicted molar refractivity (Wildman–Crippen MR) is 107 cm³/mol. The van der Waals surface area contributed by atoms with Crippen LogP contribution in [0.1, 0.15) is 28.8 Å². The Morgan fingerprint density at radius 1 is 0.964 bits per heavy atom. The first kappa shape index (κ1) is 19.4. The minimum Gasteiger partial charge on any atom is -0.352 e. The van der Waals surface area contributed by atoms with Gasteiger partial charge in [0.1, 0.15) is 6.04 Å². The zero-order valence-corrected chi connectivity index (χ0v) is 15.6. The van der Waals surface area contributed by atoms with Crippen molar-refractivity contribution in [2.45, 2.75) is 25.3 Å². The second-order valence-corrected chi connectivity index (χ2v) is 6.82. The highest BCUT2D eigenvalue weighted by molar-refractivity contribution is 5.98. The molecule has 2 aromatic carbocycles. The quantitative estimate of drug-likeness (QED) is 0.715. The number of urea groups is 1. The summed E-state index contributed by atoms with van der Waals surface area (Å²) in [5.41, 5.74) is 7.27. The minimum absolute atomic E-state index is 0.00715. The van der Waals surface area contributed by atoms with Crippen molar-refractivity contribution in [3.63, 3.8) is 0 Å². The fourth-order valence-corrected chi connectivity index (χ4v) is 3.26. The topological polar surface area (TPSA) is 105 Å². The Morgan fingerprint density at radius 3 is 2.21 bits per heavy atom. The maximum Gasteiger partial charge on any atom is 0.312 e. The van der Waals surface area contributed by atoms with E-state index in [1.807, 2.05) is 35.2 Å². The average Bonchev–Trinajstić information content (AvgIpc) is 3.23. The molecule has 1 unspecified atom stereocenters. The summed E-state index contributed by atoms with van der Waals surface area (Å²) in [6.07, 6.45) is 2.40. The first-order valence-corrected chi connectivity index (χ1v) is 9.33. The van der Waals surface area contributed by atoms with Crippen LogP contribution in [0.2, 0.25) is 0 Å². The molecule has 7 heteroatoms. The predicted octanol–water partition coefficient (Wildman–Crippen LogP) is 2.14. The molecule has 1 aliphatic rings. The van der Waals surface area contributed by atoms with Crippen LogP contribution in [0.3, 0.4) is 0 Å². The van der Waals surface area contributed by atoms with Crippen molar-refractivity contribution in [2.75, 3.05) is 18.4 Å². The van der Waals surface area contributed by atoms with E-state index in [2.05, 4.69) is 10.6 Å². The zero-order chi connectivity index (χ0) is 19.9. The van der Waals surface area contributed by atoms with E-state index < -0.39 is 12.1 Å². The fourth-order valence-electron chi connectivity index (χ4n) is 3.26. The number of hydrogen-bond acceptors (Lipinski definition) is 3. The number of hydrogen-bond donors (Lipinski definition) is 3. The Labute approximate surface area is 163 Å². The van der Waals surface area contributed by atoms with Crippen LogP contribution in [0.25, 0.3) is 0 Å². The summed E-state index contributed by atoms with van der Waals surface area (Å²) in [5.74, 6) is -0.367. The van der Waals surface area contributed by atoms with Crippen molar-refractivity contribution in [3.8, 4) is 0 Å². The summed E-state index contributed by atoms with van der Waals surface area (Å²) in [6, 6.07) is 14.6. The minimum atomic E-state index is -0.800. The molecule has 4 N–H and O–H groups in total. The lowest BCUT2D eigenvalue weighted by Gasteiger charge is -2.18. The van der Waals surface area contributed by atoms with E-state index in [-0.39, 0.29) is 11.8 Å². The normalized spacial score (nSPS) is 14.4. The van der Waals surface area contributed by atoms with Crippen molar-refractivity contribution in [1.82, 2.24) is 10.2 Å². The van der Waals surface area contributed by atoms with Gasteiger partial charge in [0.05, 0.1) is 0 Å². The third-order valence-electron chi connectivity index (χ3n) is 4.71. The molecule has 1 aliphatic heterocycles. The molecule has 7 nitrogen and oxygen atoms in total. The van der Waals surface area contributed by atoms with Gasteiger partial charge < -0.3 is 21.3 Å². The van der Waals surface area contributed by atoms with Gasteiger partial charge in [-0.1, -0.05) is 30.3 Å². The first-order valence-electron chi connectivity index (χ1n) is 9.33. The van der Waals surface area contributed by atoms with Crippen molar-refractivity contribution in [2.24, 2.45) is 5.73 Å². The van der Waals surface area contributed by atoms with E-state index in [9.17, 15) is 14.4 Å². The Balaban J connectivity index is 1.65. The van der Waals surface area contributed by atoms with E-state index >= 15 is 0 Å². The van der Waals surface area contributed by atoms with Crippen LogP contribution >= 0.6 is 0 Å². The number of primary amides is 1. The monoisotopic (exact) mass is 380 g/mol. The van der Waals surface area contributed by atoms with Gasteiger partial charge in [0.25, 0.3) is 5.91 Å². The number of nitrogens with two attached hydrogens (primary N) is 1. The molecule has 1 saturated heterocycles. The van der Waals surface area contributed by atoms with Crippen LogP contribution in [-0.4, -0.2) is 41.9 Å². The van der Waals surface area contributed by atoms with Crippen LogP contribution in [0.5, 0.6) is 0 Å². The summed E-state index contributed by atoms with van der Waals surface area (Å²) in [6.45, 7) is 1.58. The van der Waals surface area contributed by atoms with E-state index in [0.29, 0.717) is 17.7 Å². The van der Waals surface area contributed by atoms with Crippen LogP contribution in [0.15, 0.2) is 54.6 Å². The lowest BCUT2D eigenvalue weighted by molar-refractivity contribution is -0.117. The van der Waals surface area contributed by atoms with Crippen LogP contribution in [0.4, 0.5) is 10.5 Å². The van der Waals surface area contributed by atoms with Gasteiger partial charge in [0.2, 0.25) is 5.91 Å². The number of amides is 4. The van der Waals surface area contributed by atoms with Crippen molar-refractivity contribution < 1.29 is 14.4 Å². The lowest BCUT2D eigenvalue weighted by atomic mass is 10.1. The number of carbonyl (C=O) groups excluding carboxylic acids is 3. The van der Waals surface area contributed by atoms with Gasteiger partial charge in [-0.15, -0.1) is 0 Å². The molecule has 2 aromatic rings. The molecule has 1 atom stereocenters. The summed E-state index contributed by atoms with van der Waals surface area (Å²) in [7, 11) is 0. The van der Waals surface area contributed by atoms with E-state index in [0.717, 1.165) is 31.5 Å². The molecule has 1 heterocycles. The third-order valence-corrected chi connectivity index (χ3v) is 4.71. The molecule has 3 rings (SSSR count). The summed E-state index contributed by atoms with van der Waals surface area (Å²) >= 11 is 0. The van der Waals surface area contributed by atoms with Gasteiger partial charge in [-0.3, -0.25) is 9.59 Å². The molecule has 0 radical (unpaired) electrons. The molecule has 28 heavy (non-hydrogen) atoms. The summed E-state index contributed by atoms with van der Waals surface area (Å²) in [4.78, 5) is 38.1. The van der Waals surface area contributed by atoms with Gasteiger partial charge in [0.15, 0.2) is 0 Å². The number of anilines is 1. The van der Waals surface area contributed by atoms with Gasteiger partial charge >= 0.3 is 6.03 Å². The van der Waals surface area contributed by atoms with Crippen molar-refractivity contribution in [3.05, 3.63) is 65.7 Å². The highest BCUT2D eigenvalue weighted by Gasteiger charge is 2.22. The molecule has 4 amide bonds. The zero-order valence-electron chi connectivity index (χ0n) is 15.6. The largest absolute Gasteiger partial charge is 0.352 e. The highest BCUT2D eigenvalue weighted by Crippen LogP contribution is 2.16. The maximum absolute atomic E-state index is 12.6. The van der Waals surface area contributed by atoms with Gasteiger partial charge in [-0.25, -0.2) is 4.79 Å². The molecule has 0 aromatic heterocycles. The molecule has 1 fully saturated rings. The number of likely N-dealkylation sites (tertiary alicyclic amines) is 1. The van der Waals surface area contributed by atoms with Gasteiger partial charge in [0, 0.05) is 30.8 Å². The second-order valence-electron chi connectivity index (χ2n) is 6.82. The number of carbonyl (C=O) groups is 3. The van der Waals surface area contributed by atoms with Crippen molar-refractivity contribution in [1.29, 1.82) is 0 Å². The Kier molecular flexibility index (Phi) is 6.26. The lowest BCUT2D eigenvalue weighted by Crippen LogP contribution is -2.47. The van der Waals surface area contributed by atoms with Crippen LogP contribution in [0, 0.1) is 0 Å². The van der Waals surface area contributed by atoms with Gasteiger partial charge in [-0.05, 0) is 42.7 Å². The number of benzene rings is 2. The third kappa shape index (κ3) is 5.09. The SMILES string of the molecule is NC(=O)NC(Cc1ccccc1)C(=O)Nc1ccc(C(=O)N2CCCC2)cc1. The fraction of sp³-hybridized carbons (Fsp3) is 0.286. The first-order chi connectivity index (χ1) is 13.5. The molecule has 146 valence electrons.